The number of methoxy groups -OCH3 is 1. The molecule has 0 spiro atoms. The number of carbonyl (C=O) groups excluding carboxylic acids is 1. The van der Waals surface area contributed by atoms with E-state index < -0.39 is 11.9 Å². The number of carbonyl (C=O) groups is 1. The predicted octanol–water partition coefficient (Wildman–Crippen LogP) is 1.08. The fourth-order valence-corrected chi connectivity index (χ4v) is 2.20. The van der Waals surface area contributed by atoms with Crippen molar-refractivity contribution in [2.24, 2.45) is 0 Å². The molecule has 1 heterocycles. The van der Waals surface area contributed by atoms with Crippen LogP contribution in [0.5, 0.6) is 5.75 Å². The molecule has 0 bridgehead atoms. The molecule has 0 aliphatic carbocycles. The van der Waals surface area contributed by atoms with E-state index in [2.05, 4.69) is 5.32 Å². The van der Waals surface area contributed by atoms with Gasteiger partial charge in [0.05, 0.1) is 31.7 Å². The fourth-order valence-electron chi connectivity index (χ4n) is 2.20. The maximum atomic E-state index is 13.5. The van der Waals surface area contributed by atoms with Gasteiger partial charge in [0.15, 0.2) is 11.6 Å². The summed E-state index contributed by atoms with van der Waals surface area (Å²) in [4.78, 5) is 14.0. The Labute approximate surface area is 123 Å². The van der Waals surface area contributed by atoms with Crippen LogP contribution >= 0.6 is 0 Å². The molecule has 1 fully saturated rings. The number of benzene rings is 1. The quantitative estimate of drug-likeness (QED) is 0.813. The Balaban J connectivity index is 2.08. The van der Waals surface area contributed by atoms with E-state index in [0.717, 1.165) is 0 Å². The number of hydrogen-bond acceptors (Lipinski definition) is 5. The molecule has 3 N–H and O–H groups in total. The van der Waals surface area contributed by atoms with Gasteiger partial charge in [-0.3, -0.25) is 4.79 Å². The Bertz CT molecular complexity index is 518. The van der Waals surface area contributed by atoms with Crippen LogP contribution in [0.15, 0.2) is 12.1 Å². The summed E-state index contributed by atoms with van der Waals surface area (Å²) in [5.74, 6) is -0.494. The molecule has 0 saturated carbocycles. The first-order valence-corrected chi connectivity index (χ1v) is 6.79. The van der Waals surface area contributed by atoms with Crippen LogP contribution in [0.3, 0.4) is 0 Å². The van der Waals surface area contributed by atoms with Crippen LogP contribution < -0.4 is 15.8 Å². The fraction of sp³-hybridized carbons (Fsp3) is 0.500. The van der Waals surface area contributed by atoms with Crippen molar-refractivity contribution >= 4 is 17.3 Å². The van der Waals surface area contributed by atoms with E-state index in [9.17, 15) is 9.18 Å². The first-order valence-electron chi connectivity index (χ1n) is 6.79. The molecule has 1 saturated heterocycles. The van der Waals surface area contributed by atoms with E-state index in [4.69, 9.17) is 15.2 Å². The molecule has 1 aromatic rings. The minimum atomic E-state index is -0.535. The van der Waals surface area contributed by atoms with E-state index in [1.54, 1.807) is 11.8 Å². The summed E-state index contributed by atoms with van der Waals surface area (Å²) in [6.07, 6.45) is 0. The summed E-state index contributed by atoms with van der Waals surface area (Å²) in [5.41, 5.74) is 6.47. The zero-order valence-corrected chi connectivity index (χ0v) is 12.2. The summed E-state index contributed by atoms with van der Waals surface area (Å²) in [7, 11) is 1.38. The van der Waals surface area contributed by atoms with Crippen molar-refractivity contribution < 1.29 is 18.7 Å². The Hall–Kier alpha value is -2.02. The maximum absolute atomic E-state index is 13.5. The van der Waals surface area contributed by atoms with Gasteiger partial charge in [0, 0.05) is 25.2 Å². The van der Waals surface area contributed by atoms with Gasteiger partial charge < -0.3 is 25.4 Å². The zero-order valence-electron chi connectivity index (χ0n) is 12.2. The summed E-state index contributed by atoms with van der Waals surface area (Å²) in [6.45, 7) is 3.99. The lowest BCUT2D eigenvalue weighted by molar-refractivity contribution is -0.135. The van der Waals surface area contributed by atoms with E-state index in [1.807, 2.05) is 0 Å². The number of nitrogens with two attached hydrogens (primary N) is 1. The van der Waals surface area contributed by atoms with Gasteiger partial charge in [0.1, 0.15) is 6.04 Å². The summed E-state index contributed by atoms with van der Waals surface area (Å²) >= 11 is 0. The molecule has 1 aromatic carbocycles. The summed E-state index contributed by atoms with van der Waals surface area (Å²) in [6, 6.07) is 2.15. The van der Waals surface area contributed by atoms with Crippen molar-refractivity contribution in [2.45, 2.75) is 13.0 Å². The number of amides is 1. The highest BCUT2D eigenvalue weighted by Gasteiger charge is 2.23. The van der Waals surface area contributed by atoms with Crippen molar-refractivity contribution in [1.82, 2.24) is 4.90 Å². The Morgan fingerprint density at radius 1 is 1.48 bits per heavy atom. The van der Waals surface area contributed by atoms with Gasteiger partial charge in [0.25, 0.3) is 0 Å². The van der Waals surface area contributed by atoms with Crippen LogP contribution in [0.2, 0.25) is 0 Å². The zero-order chi connectivity index (χ0) is 15.4. The van der Waals surface area contributed by atoms with E-state index in [-0.39, 0.29) is 17.3 Å². The summed E-state index contributed by atoms with van der Waals surface area (Å²) < 4.78 is 23.6. The monoisotopic (exact) mass is 297 g/mol. The molecule has 0 aromatic heterocycles. The predicted molar refractivity (Wildman–Crippen MR) is 77.8 cm³/mol. The van der Waals surface area contributed by atoms with Gasteiger partial charge >= 0.3 is 0 Å². The third kappa shape index (κ3) is 3.55. The van der Waals surface area contributed by atoms with Gasteiger partial charge in [-0.15, -0.1) is 0 Å². The molecular formula is C14H20FN3O3. The van der Waals surface area contributed by atoms with Gasteiger partial charge in [0.2, 0.25) is 5.91 Å². The molecule has 7 heteroatoms. The molecule has 0 radical (unpaired) electrons. The molecule has 1 unspecified atom stereocenters. The highest BCUT2D eigenvalue weighted by Crippen LogP contribution is 2.28. The third-order valence-electron chi connectivity index (χ3n) is 3.39. The second-order valence-electron chi connectivity index (χ2n) is 4.88. The highest BCUT2D eigenvalue weighted by atomic mass is 19.1. The number of morpholine rings is 1. The number of nitrogen functional groups attached to an aromatic ring is 1. The Kier molecular flexibility index (Phi) is 4.85. The van der Waals surface area contributed by atoms with Crippen molar-refractivity contribution in [3.8, 4) is 5.75 Å². The number of anilines is 2. The third-order valence-corrected chi connectivity index (χ3v) is 3.39. The number of ether oxygens (including phenoxy) is 2. The smallest absolute Gasteiger partial charge is 0.244 e. The Morgan fingerprint density at radius 3 is 2.76 bits per heavy atom. The average molecular weight is 297 g/mol. The lowest BCUT2D eigenvalue weighted by Gasteiger charge is -2.30. The molecule has 1 atom stereocenters. The highest BCUT2D eigenvalue weighted by molar-refractivity contribution is 5.85. The number of nitrogens with one attached hydrogen (secondary N) is 1. The van der Waals surface area contributed by atoms with E-state index in [1.165, 1.54) is 19.2 Å². The molecule has 116 valence electrons. The Morgan fingerprint density at radius 2 is 2.14 bits per heavy atom. The maximum Gasteiger partial charge on any atom is 0.244 e. The number of halogens is 1. The second-order valence-corrected chi connectivity index (χ2v) is 4.88. The van der Waals surface area contributed by atoms with Crippen LogP contribution in [0.25, 0.3) is 0 Å². The van der Waals surface area contributed by atoms with Crippen molar-refractivity contribution in [1.29, 1.82) is 0 Å². The minimum absolute atomic E-state index is 0.0407. The first-order chi connectivity index (χ1) is 10.0. The van der Waals surface area contributed by atoms with Gasteiger partial charge in [-0.05, 0) is 6.92 Å². The van der Waals surface area contributed by atoms with E-state index in [0.29, 0.717) is 32.0 Å². The lowest BCUT2D eigenvalue weighted by atomic mass is 10.2. The molecule has 21 heavy (non-hydrogen) atoms. The largest absolute Gasteiger partial charge is 0.494 e. The number of nitrogens with zero attached hydrogens (tertiary/aromatic N) is 1. The average Bonchev–Trinajstić information content (AvgIpc) is 2.50. The van der Waals surface area contributed by atoms with Gasteiger partial charge in [-0.25, -0.2) is 4.39 Å². The second kappa shape index (κ2) is 6.62. The molecule has 6 nitrogen and oxygen atoms in total. The molecule has 2 rings (SSSR count). The van der Waals surface area contributed by atoms with Gasteiger partial charge in [-0.2, -0.15) is 0 Å². The van der Waals surface area contributed by atoms with Crippen LogP contribution in [0.1, 0.15) is 6.92 Å². The summed E-state index contributed by atoms with van der Waals surface area (Å²) in [5, 5.41) is 3.01. The van der Waals surface area contributed by atoms with Crippen molar-refractivity contribution in [3.05, 3.63) is 17.9 Å². The molecule has 1 aliphatic rings. The van der Waals surface area contributed by atoms with E-state index >= 15 is 0 Å². The van der Waals surface area contributed by atoms with Crippen LogP contribution in [-0.4, -0.2) is 50.3 Å². The first kappa shape index (κ1) is 15.4. The van der Waals surface area contributed by atoms with Gasteiger partial charge in [-0.1, -0.05) is 0 Å². The molecule has 1 aliphatic heterocycles. The number of hydrogen-bond donors (Lipinski definition) is 2. The molecular weight excluding hydrogens is 277 g/mol. The SMILES string of the molecule is COc1cc(NC(C)C(=O)N2CCOCC2)c(N)cc1F. The standard InChI is InChI=1S/C14H20FN3O3/c1-9(14(19)18-3-5-21-6-4-18)17-12-8-13(20-2)10(15)7-11(12)16/h7-9,17H,3-6,16H2,1-2H3. The lowest BCUT2D eigenvalue weighted by Crippen LogP contribution is -2.47. The normalized spacial score (nSPS) is 16.4. The van der Waals surface area contributed by atoms with Crippen LogP contribution in [0, 0.1) is 5.82 Å². The molecule has 1 amide bonds. The minimum Gasteiger partial charge on any atom is -0.494 e. The van der Waals surface area contributed by atoms with Crippen molar-refractivity contribution in [3.63, 3.8) is 0 Å². The van der Waals surface area contributed by atoms with Crippen LogP contribution in [0.4, 0.5) is 15.8 Å². The number of rotatable bonds is 4. The van der Waals surface area contributed by atoms with Crippen LogP contribution in [-0.2, 0) is 9.53 Å². The topological polar surface area (TPSA) is 76.8 Å². The van der Waals surface area contributed by atoms with Crippen molar-refractivity contribution in [2.75, 3.05) is 44.5 Å².